The van der Waals surface area contributed by atoms with E-state index in [9.17, 15) is 14.9 Å². The molecule has 0 saturated carbocycles. The van der Waals surface area contributed by atoms with Crippen molar-refractivity contribution in [2.45, 2.75) is 6.92 Å². The number of ether oxygens (including phenoxy) is 1. The number of hydrogen-bond donors (Lipinski definition) is 1. The summed E-state index contributed by atoms with van der Waals surface area (Å²) in [5.41, 5.74) is -0.0968. The predicted molar refractivity (Wildman–Crippen MR) is 58.8 cm³/mol. The van der Waals surface area contributed by atoms with Gasteiger partial charge in [-0.15, -0.1) is 0 Å². The molecule has 94 valence electrons. The molecule has 1 aromatic heterocycles. The van der Waals surface area contributed by atoms with E-state index in [2.05, 4.69) is 10.4 Å². The minimum absolute atomic E-state index is 0.175. The van der Waals surface area contributed by atoms with Crippen LogP contribution in [-0.2, 0) is 11.8 Å². The summed E-state index contributed by atoms with van der Waals surface area (Å²) in [6.45, 7) is 2.16. The third-order valence-corrected chi connectivity index (χ3v) is 2.29. The van der Waals surface area contributed by atoms with Crippen LogP contribution < -0.4 is 5.32 Å². The monoisotopic (exact) mass is 242 g/mol. The number of aryl methyl sites for hydroxylation is 1. The minimum Gasteiger partial charge on any atom is -0.383 e. The molecule has 1 rings (SSSR count). The van der Waals surface area contributed by atoms with Crippen molar-refractivity contribution in [3.05, 3.63) is 21.5 Å². The lowest BCUT2D eigenvalue weighted by atomic mass is 10.3. The average Bonchev–Trinajstić information content (AvgIpc) is 2.56. The smallest absolute Gasteiger partial charge is 0.322 e. The highest BCUT2D eigenvalue weighted by atomic mass is 16.6. The Morgan fingerprint density at radius 3 is 2.82 bits per heavy atom. The number of rotatable bonds is 5. The fraction of sp³-hybridized carbons (Fsp3) is 0.556. The average molecular weight is 242 g/mol. The van der Waals surface area contributed by atoms with Gasteiger partial charge in [0.25, 0.3) is 5.91 Å². The van der Waals surface area contributed by atoms with Crippen molar-refractivity contribution in [3.63, 3.8) is 0 Å². The number of nitrogens with one attached hydrogen (secondary N) is 1. The van der Waals surface area contributed by atoms with Crippen molar-refractivity contribution in [1.82, 2.24) is 15.1 Å². The number of nitrogens with zero attached hydrogens (tertiary/aromatic N) is 3. The van der Waals surface area contributed by atoms with Crippen LogP contribution in [0.5, 0.6) is 0 Å². The summed E-state index contributed by atoms with van der Waals surface area (Å²) in [5.74, 6) is -0.572. The Bertz CT molecular complexity index is 440. The van der Waals surface area contributed by atoms with E-state index in [4.69, 9.17) is 4.74 Å². The standard InChI is InChI=1S/C9H14N4O4/c1-6-8(13(15)16)7(11-12(6)2)9(14)10-4-5-17-3/h4-5H2,1-3H3,(H,10,14). The van der Waals surface area contributed by atoms with Gasteiger partial charge in [0.2, 0.25) is 5.69 Å². The molecule has 0 aliphatic carbocycles. The topological polar surface area (TPSA) is 99.3 Å². The lowest BCUT2D eigenvalue weighted by Gasteiger charge is -2.01. The maximum atomic E-state index is 11.7. The first-order chi connectivity index (χ1) is 7.99. The summed E-state index contributed by atoms with van der Waals surface area (Å²) in [6.07, 6.45) is 0. The van der Waals surface area contributed by atoms with Crippen molar-refractivity contribution in [3.8, 4) is 0 Å². The van der Waals surface area contributed by atoms with Gasteiger partial charge in [0.1, 0.15) is 5.69 Å². The second-order valence-electron chi connectivity index (χ2n) is 3.41. The van der Waals surface area contributed by atoms with Gasteiger partial charge in [0.05, 0.1) is 11.5 Å². The molecule has 0 spiro atoms. The second kappa shape index (κ2) is 5.39. The molecule has 0 unspecified atom stereocenters. The quantitative estimate of drug-likeness (QED) is 0.445. The van der Waals surface area contributed by atoms with Crippen LogP contribution in [0.3, 0.4) is 0 Å². The summed E-state index contributed by atoms with van der Waals surface area (Å²) >= 11 is 0. The molecule has 0 aliphatic rings. The molecule has 0 radical (unpaired) electrons. The van der Waals surface area contributed by atoms with Crippen molar-refractivity contribution in [2.75, 3.05) is 20.3 Å². The molecule has 0 bridgehead atoms. The van der Waals surface area contributed by atoms with Crippen LogP contribution in [0.1, 0.15) is 16.2 Å². The van der Waals surface area contributed by atoms with E-state index >= 15 is 0 Å². The van der Waals surface area contributed by atoms with Crippen LogP contribution in [0.4, 0.5) is 5.69 Å². The van der Waals surface area contributed by atoms with E-state index in [0.717, 1.165) is 0 Å². The van der Waals surface area contributed by atoms with E-state index in [-0.39, 0.29) is 17.9 Å². The van der Waals surface area contributed by atoms with Gasteiger partial charge in [-0.1, -0.05) is 0 Å². The van der Waals surface area contributed by atoms with E-state index < -0.39 is 10.8 Å². The number of aromatic nitrogens is 2. The SMILES string of the molecule is COCCNC(=O)c1nn(C)c(C)c1[N+](=O)[O-]. The normalized spacial score (nSPS) is 10.3. The summed E-state index contributed by atoms with van der Waals surface area (Å²) in [7, 11) is 3.05. The van der Waals surface area contributed by atoms with Crippen molar-refractivity contribution < 1.29 is 14.5 Å². The van der Waals surface area contributed by atoms with Crippen molar-refractivity contribution in [2.24, 2.45) is 7.05 Å². The van der Waals surface area contributed by atoms with E-state index in [1.54, 1.807) is 7.05 Å². The van der Waals surface area contributed by atoms with Crippen LogP contribution in [0.2, 0.25) is 0 Å². The first-order valence-corrected chi connectivity index (χ1v) is 4.94. The second-order valence-corrected chi connectivity index (χ2v) is 3.41. The van der Waals surface area contributed by atoms with Gasteiger partial charge in [0, 0.05) is 20.7 Å². The summed E-state index contributed by atoms with van der Waals surface area (Å²) in [4.78, 5) is 21.9. The maximum Gasteiger partial charge on any atom is 0.322 e. The Morgan fingerprint density at radius 2 is 2.29 bits per heavy atom. The summed E-state index contributed by atoms with van der Waals surface area (Å²) in [6, 6.07) is 0. The van der Waals surface area contributed by atoms with Gasteiger partial charge in [-0.25, -0.2) is 0 Å². The highest BCUT2D eigenvalue weighted by molar-refractivity contribution is 5.96. The lowest BCUT2D eigenvalue weighted by molar-refractivity contribution is -0.385. The largest absolute Gasteiger partial charge is 0.383 e. The third kappa shape index (κ3) is 2.78. The first-order valence-electron chi connectivity index (χ1n) is 4.94. The number of amides is 1. The highest BCUT2D eigenvalue weighted by Crippen LogP contribution is 2.21. The number of nitro groups is 1. The van der Waals surface area contributed by atoms with Gasteiger partial charge < -0.3 is 10.1 Å². The number of carbonyl (C=O) groups excluding carboxylic acids is 1. The molecule has 0 aliphatic heterocycles. The van der Waals surface area contributed by atoms with Crippen LogP contribution in [0.25, 0.3) is 0 Å². The van der Waals surface area contributed by atoms with Gasteiger partial charge in [-0.3, -0.25) is 19.6 Å². The van der Waals surface area contributed by atoms with Crippen molar-refractivity contribution in [1.29, 1.82) is 0 Å². The van der Waals surface area contributed by atoms with E-state index in [1.807, 2.05) is 0 Å². The van der Waals surface area contributed by atoms with Gasteiger partial charge in [0.15, 0.2) is 0 Å². The summed E-state index contributed by atoms with van der Waals surface area (Å²) in [5, 5.41) is 17.2. The van der Waals surface area contributed by atoms with E-state index in [0.29, 0.717) is 12.3 Å². The zero-order valence-corrected chi connectivity index (χ0v) is 9.89. The van der Waals surface area contributed by atoms with Gasteiger partial charge in [-0.05, 0) is 6.92 Å². The molecule has 1 amide bonds. The Hall–Kier alpha value is -1.96. The fourth-order valence-electron chi connectivity index (χ4n) is 1.32. The molecule has 8 nitrogen and oxygen atoms in total. The van der Waals surface area contributed by atoms with Gasteiger partial charge in [-0.2, -0.15) is 5.10 Å². The molecule has 1 N–H and O–H groups in total. The predicted octanol–water partition coefficient (Wildman–Crippen LogP) is 0.0129. The molecular formula is C9H14N4O4. The zero-order valence-electron chi connectivity index (χ0n) is 9.89. The molecule has 0 saturated heterocycles. The third-order valence-electron chi connectivity index (χ3n) is 2.29. The Morgan fingerprint density at radius 1 is 1.65 bits per heavy atom. The number of methoxy groups -OCH3 is 1. The molecule has 8 heteroatoms. The zero-order chi connectivity index (χ0) is 13.0. The molecule has 0 aromatic carbocycles. The maximum absolute atomic E-state index is 11.7. The molecule has 0 fully saturated rings. The van der Waals surface area contributed by atoms with Crippen LogP contribution >= 0.6 is 0 Å². The van der Waals surface area contributed by atoms with Crippen LogP contribution in [0, 0.1) is 17.0 Å². The number of hydrogen-bond acceptors (Lipinski definition) is 5. The van der Waals surface area contributed by atoms with E-state index in [1.165, 1.54) is 18.7 Å². The Balaban J connectivity index is 2.93. The lowest BCUT2D eigenvalue weighted by Crippen LogP contribution is -2.28. The molecule has 1 heterocycles. The Kier molecular flexibility index (Phi) is 4.16. The first kappa shape index (κ1) is 13.1. The fourth-order valence-corrected chi connectivity index (χ4v) is 1.32. The molecule has 0 atom stereocenters. The summed E-state index contributed by atoms with van der Waals surface area (Å²) < 4.78 is 6.07. The van der Waals surface area contributed by atoms with Crippen molar-refractivity contribution >= 4 is 11.6 Å². The molecule has 1 aromatic rings. The molecule has 17 heavy (non-hydrogen) atoms. The minimum atomic E-state index is -0.604. The highest BCUT2D eigenvalue weighted by Gasteiger charge is 2.28. The van der Waals surface area contributed by atoms with Crippen LogP contribution in [0.15, 0.2) is 0 Å². The van der Waals surface area contributed by atoms with Crippen LogP contribution in [-0.4, -0.2) is 40.9 Å². The Labute approximate surface area is 97.7 Å². The number of carbonyl (C=O) groups is 1. The molecular weight excluding hydrogens is 228 g/mol. The van der Waals surface area contributed by atoms with Gasteiger partial charge >= 0.3 is 5.69 Å².